The maximum absolute atomic E-state index is 12.5. The highest BCUT2D eigenvalue weighted by molar-refractivity contribution is 5.95. The van der Waals surface area contributed by atoms with Crippen LogP contribution < -0.4 is 11.5 Å². The van der Waals surface area contributed by atoms with Crippen molar-refractivity contribution in [3.63, 3.8) is 0 Å². The smallest absolute Gasteiger partial charge is 0.339 e. The lowest BCUT2D eigenvalue weighted by molar-refractivity contribution is 0.0525. The molecular formula is C23H25N5O2. The highest BCUT2D eigenvalue weighted by atomic mass is 16.5. The van der Waals surface area contributed by atoms with Gasteiger partial charge in [-0.05, 0) is 36.1 Å². The third-order valence-corrected chi connectivity index (χ3v) is 4.72. The zero-order chi connectivity index (χ0) is 21.7. The monoisotopic (exact) mass is 403 g/mol. The number of rotatable bonds is 8. The Hall–Kier alpha value is -3.87. The molecule has 0 fully saturated rings. The number of amidine groups is 2. The van der Waals surface area contributed by atoms with Crippen molar-refractivity contribution in [2.75, 3.05) is 6.61 Å². The summed E-state index contributed by atoms with van der Waals surface area (Å²) in [6, 6.07) is 14.9. The number of benzene rings is 2. The number of ether oxygens (including phenoxy) is 1. The first-order valence-electron chi connectivity index (χ1n) is 9.59. The van der Waals surface area contributed by atoms with E-state index >= 15 is 0 Å². The van der Waals surface area contributed by atoms with Crippen molar-refractivity contribution in [2.45, 2.75) is 19.9 Å². The second kappa shape index (κ2) is 9.09. The fourth-order valence-electron chi connectivity index (χ4n) is 3.25. The zero-order valence-corrected chi connectivity index (χ0v) is 16.8. The molecule has 0 radical (unpaired) electrons. The molecule has 1 aromatic heterocycles. The summed E-state index contributed by atoms with van der Waals surface area (Å²) in [6.45, 7) is 2.65. The largest absolute Gasteiger partial charge is 0.462 e. The van der Waals surface area contributed by atoms with Crippen LogP contribution in [0.4, 0.5) is 0 Å². The van der Waals surface area contributed by atoms with E-state index in [-0.39, 0.29) is 17.6 Å². The van der Waals surface area contributed by atoms with E-state index < -0.39 is 0 Å². The summed E-state index contributed by atoms with van der Waals surface area (Å²) in [4.78, 5) is 12.5. The van der Waals surface area contributed by atoms with Crippen LogP contribution in [0.15, 0.2) is 60.9 Å². The molecule has 1 heterocycles. The summed E-state index contributed by atoms with van der Waals surface area (Å²) < 4.78 is 7.17. The van der Waals surface area contributed by atoms with Gasteiger partial charge in [0.25, 0.3) is 0 Å². The molecule has 7 heteroatoms. The zero-order valence-electron chi connectivity index (χ0n) is 16.8. The number of aromatic nitrogens is 1. The number of carbonyl (C=O) groups excluding carboxylic acids is 1. The van der Waals surface area contributed by atoms with E-state index in [1.807, 2.05) is 53.2 Å². The molecule has 3 rings (SSSR count). The molecule has 154 valence electrons. The van der Waals surface area contributed by atoms with Gasteiger partial charge in [0.15, 0.2) is 0 Å². The number of nitrogens with zero attached hydrogens (tertiary/aromatic N) is 1. The Morgan fingerprint density at radius 2 is 1.67 bits per heavy atom. The van der Waals surface area contributed by atoms with Gasteiger partial charge in [-0.15, -0.1) is 0 Å². The van der Waals surface area contributed by atoms with Crippen LogP contribution in [0, 0.1) is 10.8 Å². The Balaban J connectivity index is 1.89. The van der Waals surface area contributed by atoms with Gasteiger partial charge in [0.2, 0.25) is 0 Å². The quantitative estimate of drug-likeness (QED) is 0.262. The van der Waals surface area contributed by atoms with Crippen LogP contribution in [0.5, 0.6) is 0 Å². The first-order valence-corrected chi connectivity index (χ1v) is 9.59. The van der Waals surface area contributed by atoms with E-state index in [0.717, 1.165) is 16.7 Å². The van der Waals surface area contributed by atoms with Gasteiger partial charge in [0, 0.05) is 30.1 Å². The number of hydrogen-bond donors (Lipinski definition) is 4. The van der Waals surface area contributed by atoms with Crippen molar-refractivity contribution >= 4 is 17.6 Å². The topological polar surface area (TPSA) is 131 Å². The number of nitrogens with two attached hydrogens (primary N) is 2. The van der Waals surface area contributed by atoms with Gasteiger partial charge in [-0.1, -0.05) is 42.5 Å². The Kier molecular flexibility index (Phi) is 6.32. The molecule has 0 atom stereocenters. The van der Waals surface area contributed by atoms with Crippen molar-refractivity contribution in [1.82, 2.24) is 4.57 Å². The van der Waals surface area contributed by atoms with Gasteiger partial charge >= 0.3 is 5.97 Å². The third-order valence-electron chi connectivity index (χ3n) is 4.72. The normalized spacial score (nSPS) is 10.6. The van der Waals surface area contributed by atoms with E-state index in [1.165, 1.54) is 0 Å². The first kappa shape index (κ1) is 20.9. The minimum absolute atomic E-state index is 0.00837. The molecule has 0 unspecified atom stereocenters. The number of carbonyl (C=O) groups is 1. The van der Waals surface area contributed by atoms with Crippen LogP contribution in [-0.4, -0.2) is 28.8 Å². The number of nitrogens with one attached hydrogen (secondary N) is 2. The summed E-state index contributed by atoms with van der Waals surface area (Å²) in [5.74, 6) is -0.322. The number of esters is 1. The molecule has 0 saturated heterocycles. The number of nitrogen functional groups attached to an aromatic ring is 2. The summed E-state index contributed by atoms with van der Waals surface area (Å²) in [7, 11) is 0. The molecule has 7 nitrogen and oxygen atoms in total. The molecule has 2 aromatic carbocycles. The van der Waals surface area contributed by atoms with Crippen molar-refractivity contribution in [1.29, 1.82) is 10.8 Å². The predicted octanol–water partition coefficient (Wildman–Crippen LogP) is 2.87. The Bertz CT molecular complexity index is 1080. The van der Waals surface area contributed by atoms with Gasteiger partial charge in [0.1, 0.15) is 11.7 Å². The molecule has 6 N–H and O–H groups in total. The van der Waals surface area contributed by atoms with Crippen LogP contribution in [0.3, 0.4) is 0 Å². The SMILES string of the molecule is CCOC(=O)c1cn(Cc2ccc(C(=N)N)cc2)cc1Cc1cccc(C(=N)N)c1. The Labute approximate surface area is 175 Å². The second-order valence-corrected chi connectivity index (χ2v) is 6.99. The maximum Gasteiger partial charge on any atom is 0.339 e. The predicted molar refractivity (Wildman–Crippen MR) is 117 cm³/mol. The van der Waals surface area contributed by atoms with Gasteiger partial charge in [0.05, 0.1) is 12.2 Å². The van der Waals surface area contributed by atoms with E-state index in [1.54, 1.807) is 19.2 Å². The van der Waals surface area contributed by atoms with Gasteiger partial charge in [-0.25, -0.2) is 4.79 Å². The summed E-state index contributed by atoms with van der Waals surface area (Å²) in [5, 5.41) is 15.1. The first-order chi connectivity index (χ1) is 14.4. The molecule has 0 aliphatic rings. The standard InChI is InChI=1S/C23H25N5O2/c1-2-30-23(29)20-14-28(12-15-6-8-17(9-7-15)21(24)25)13-19(20)11-16-4-3-5-18(10-16)22(26)27/h3-10,13-14H,2,11-12H2,1H3,(H3,24,25)(H3,26,27). The minimum atomic E-state index is -0.360. The fourth-order valence-corrected chi connectivity index (χ4v) is 3.25. The molecule has 0 amide bonds. The average Bonchev–Trinajstić information content (AvgIpc) is 3.11. The Morgan fingerprint density at radius 3 is 2.30 bits per heavy atom. The lowest BCUT2D eigenvalue weighted by atomic mass is 10.0. The molecular weight excluding hydrogens is 378 g/mol. The van der Waals surface area contributed by atoms with E-state index in [0.29, 0.717) is 36.3 Å². The second-order valence-electron chi connectivity index (χ2n) is 6.99. The molecule has 3 aromatic rings. The lowest BCUT2D eigenvalue weighted by Gasteiger charge is -2.06. The maximum atomic E-state index is 12.5. The van der Waals surface area contributed by atoms with Crippen LogP contribution in [0.2, 0.25) is 0 Å². The third kappa shape index (κ3) is 4.94. The minimum Gasteiger partial charge on any atom is -0.462 e. The van der Waals surface area contributed by atoms with Gasteiger partial charge in [-0.3, -0.25) is 10.8 Å². The summed E-state index contributed by atoms with van der Waals surface area (Å²) >= 11 is 0. The van der Waals surface area contributed by atoms with Crippen LogP contribution in [-0.2, 0) is 17.7 Å². The molecule has 0 aliphatic carbocycles. The van der Waals surface area contributed by atoms with Crippen LogP contribution >= 0.6 is 0 Å². The molecule has 30 heavy (non-hydrogen) atoms. The van der Waals surface area contributed by atoms with E-state index in [2.05, 4.69) is 0 Å². The van der Waals surface area contributed by atoms with Crippen molar-refractivity contribution in [3.8, 4) is 0 Å². The summed E-state index contributed by atoms with van der Waals surface area (Å²) in [6.07, 6.45) is 4.25. The average molecular weight is 403 g/mol. The van der Waals surface area contributed by atoms with Crippen LogP contribution in [0.1, 0.15) is 45.1 Å². The summed E-state index contributed by atoms with van der Waals surface area (Å²) in [5.41, 5.74) is 15.8. The molecule has 0 saturated carbocycles. The van der Waals surface area contributed by atoms with E-state index in [9.17, 15) is 4.79 Å². The number of hydrogen-bond acceptors (Lipinski definition) is 4. The molecule has 0 bridgehead atoms. The van der Waals surface area contributed by atoms with Crippen molar-refractivity contribution in [2.24, 2.45) is 11.5 Å². The van der Waals surface area contributed by atoms with Gasteiger partial charge < -0.3 is 20.8 Å². The van der Waals surface area contributed by atoms with Gasteiger partial charge in [-0.2, -0.15) is 0 Å². The van der Waals surface area contributed by atoms with Crippen LogP contribution in [0.25, 0.3) is 0 Å². The fraction of sp³-hybridized carbons (Fsp3) is 0.174. The Morgan fingerprint density at radius 1 is 0.967 bits per heavy atom. The molecule has 0 aliphatic heterocycles. The van der Waals surface area contributed by atoms with Crippen molar-refractivity contribution in [3.05, 3.63) is 94.3 Å². The lowest BCUT2D eigenvalue weighted by Crippen LogP contribution is -2.11. The highest BCUT2D eigenvalue weighted by Crippen LogP contribution is 2.19. The molecule has 0 spiro atoms. The van der Waals surface area contributed by atoms with E-state index in [4.69, 9.17) is 27.0 Å². The van der Waals surface area contributed by atoms with Crippen molar-refractivity contribution < 1.29 is 9.53 Å². The highest BCUT2D eigenvalue weighted by Gasteiger charge is 2.16.